The molecule has 0 heterocycles. The lowest BCUT2D eigenvalue weighted by atomic mass is 9.75. The van der Waals surface area contributed by atoms with Gasteiger partial charge >= 0.3 is 0 Å². The zero-order valence-corrected chi connectivity index (χ0v) is 16.5. The SMILES string of the molecule is C[C@]1(c2cc(N)ccc2F)C=c2c(N)cc3c4c(ccc3c2=CC1)C=CC(F)(F)C4. The van der Waals surface area contributed by atoms with E-state index in [0.29, 0.717) is 28.9 Å². The number of fused-ring (bicyclic) bond motifs is 5. The summed E-state index contributed by atoms with van der Waals surface area (Å²) in [6.07, 6.45) is 6.64. The highest BCUT2D eigenvalue weighted by Gasteiger charge is 2.32. The van der Waals surface area contributed by atoms with E-state index in [4.69, 9.17) is 11.5 Å². The molecule has 0 saturated heterocycles. The van der Waals surface area contributed by atoms with Crippen molar-refractivity contribution in [1.82, 2.24) is 0 Å². The molecule has 30 heavy (non-hydrogen) atoms. The van der Waals surface area contributed by atoms with Crippen molar-refractivity contribution in [2.24, 2.45) is 0 Å². The molecule has 3 aromatic carbocycles. The van der Waals surface area contributed by atoms with Crippen molar-refractivity contribution >= 4 is 40.4 Å². The summed E-state index contributed by atoms with van der Waals surface area (Å²) in [6.45, 7) is 1.95. The van der Waals surface area contributed by atoms with Gasteiger partial charge in [-0.05, 0) is 69.4 Å². The number of halogens is 3. The Balaban J connectivity index is 1.77. The van der Waals surface area contributed by atoms with Crippen LogP contribution in [0.3, 0.4) is 0 Å². The van der Waals surface area contributed by atoms with Crippen LogP contribution in [0.4, 0.5) is 24.5 Å². The second kappa shape index (κ2) is 6.14. The maximum Gasteiger partial charge on any atom is 0.270 e. The molecular formula is C25H21F3N2. The van der Waals surface area contributed by atoms with Crippen LogP contribution in [0.1, 0.15) is 30.0 Å². The third-order valence-electron chi connectivity index (χ3n) is 6.30. The third kappa shape index (κ3) is 2.80. The zero-order chi connectivity index (χ0) is 21.3. The highest BCUT2D eigenvalue weighted by Crippen LogP contribution is 2.37. The van der Waals surface area contributed by atoms with E-state index in [2.05, 4.69) is 0 Å². The van der Waals surface area contributed by atoms with E-state index in [9.17, 15) is 13.2 Å². The van der Waals surface area contributed by atoms with Crippen molar-refractivity contribution < 1.29 is 13.2 Å². The lowest BCUT2D eigenvalue weighted by Crippen LogP contribution is -2.38. The second-order valence-corrected chi connectivity index (χ2v) is 8.50. The summed E-state index contributed by atoms with van der Waals surface area (Å²) in [7, 11) is 0. The summed E-state index contributed by atoms with van der Waals surface area (Å²) in [6, 6.07) is 10.2. The summed E-state index contributed by atoms with van der Waals surface area (Å²) in [5.41, 5.74) is 14.6. The summed E-state index contributed by atoms with van der Waals surface area (Å²) in [4.78, 5) is 0. The van der Waals surface area contributed by atoms with E-state index in [1.165, 1.54) is 18.2 Å². The normalized spacial score (nSPS) is 21.5. The number of anilines is 2. The van der Waals surface area contributed by atoms with Crippen LogP contribution in [0.2, 0.25) is 0 Å². The topological polar surface area (TPSA) is 52.0 Å². The molecule has 0 fully saturated rings. The number of nitrogen functional groups attached to an aromatic ring is 2. The molecule has 0 bridgehead atoms. The summed E-state index contributed by atoms with van der Waals surface area (Å²) < 4.78 is 42.7. The number of alkyl halides is 2. The van der Waals surface area contributed by atoms with E-state index >= 15 is 0 Å². The van der Waals surface area contributed by atoms with Crippen LogP contribution in [0.5, 0.6) is 0 Å². The second-order valence-electron chi connectivity index (χ2n) is 8.50. The largest absolute Gasteiger partial charge is 0.399 e. The number of hydrogen-bond donors (Lipinski definition) is 2. The number of rotatable bonds is 1. The lowest BCUT2D eigenvalue weighted by Gasteiger charge is -2.29. The van der Waals surface area contributed by atoms with Crippen LogP contribution in [0.25, 0.3) is 29.0 Å². The molecule has 0 aromatic heterocycles. The molecule has 5 rings (SSSR count). The minimum absolute atomic E-state index is 0.317. The van der Waals surface area contributed by atoms with Crippen LogP contribution < -0.4 is 21.9 Å². The Morgan fingerprint density at radius 3 is 2.57 bits per heavy atom. The molecule has 152 valence electrons. The van der Waals surface area contributed by atoms with Gasteiger partial charge in [0, 0.05) is 28.4 Å². The first-order chi connectivity index (χ1) is 14.2. The fourth-order valence-corrected chi connectivity index (χ4v) is 4.72. The Morgan fingerprint density at radius 1 is 0.967 bits per heavy atom. The average Bonchev–Trinajstić information content (AvgIpc) is 2.69. The Kier molecular flexibility index (Phi) is 3.85. The van der Waals surface area contributed by atoms with Crippen molar-refractivity contribution in [1.29, 1.82) is 0 Å². The minimum atomic E-state index is -2.87. The van der Waals surface area contributed by atoms with Crippen molar-refractivity contribution in [2.75, 3.05) is 11.5 Å². The number of hydrogen-bond acceptors (Lipinski definition) is 2. The van der Waals surface area contributed by atoms with Gasteiger partial charge in [-0.25, -0.2) is 13.2 Å². The summed E-state index contributed by atoms with van der Waals surface area (Å²) in [5.74, 6) is -3.19. The molecule has 0 amide bonds. The van der Waals surface area contributed by atoms with E-state index in [0.717, 1.165) is 32.8 Å². The van der Waals surface area contributed by atoms with Crippen LogP contribution in [0, 0.1) is 5.82 Å². The van der Waals surface area contributed by atoms with Crippen LogP contribution in [-0.2, 0) is 11.8 Å². The fraction of sp³-hybridized carbons (Fsp3) is 0.200. The van der Waals surface area contributed by atoms with Crippen molar-refractivity contribution in [3.05, 3.63) is 75.4 Å². The number of benzene rings is 3. The molecule has 2 nitrogen and oxygen atoms in total. The fourth-order valence-electron chi connectivity index (χ4n) is 4.72. The highest BCUT2D eigenvalue weighted by atomic mass is 19.3. The minimum Gasteiger partial charge on any atom is -0.399 e. The van der Waals surface area contributed by atoms with Crippen molar-refractivity contribution in [3.8, 4) is 0 Å². The van der Waals surface area contributed by atoms with Crippen molar-refractivity contribution in [3.63, 3.8) is 0 Å². The standard InChI is InChI=1S/C25H21F3N2/c1-24(21-10-15(29)3-5-22(21)26)8-7-17-16-4-2-14-6-9-25(27,28)13-19(14)18(16)11-23(30)20(17)12-24/h2-7,9-12H,8,13,29-30H2,1H3/t24-/m1/s1. The molecule has 4 N–H and O–H groups in total. The Hall–Kier alpha value is -3.21. The Morgan fingerprint density at radius 2 is 1.77 bits per heavy atom. The van der Waals surface area contributed by atoms with Gasteiger partial charge in [0.15, 0.2) is 0 Å². The molecule has 2 aliphatic rings. The van der Waals surface area contributed by atoms with Crippen LogP contribution in [-0.4, -0.2) is 5.92 Å². The molecule has 1 atom stereocenters. The maximum absolute atomic E-state index is 14.6. The van der Waals surface area contributed by atoms with E-state index in [1.54, 1.807) is 12.1 Å². The maximum atomic E-state index is 14.6. The first-order valence-electron chi connectivity index (χ1n) is 9.87. The van der Waals surface area contributed by atoms with Gasteiger partial charge in [-0.3, -0.25) is 0 Å². The molecule has 0 saturated carbocycles. The average molecular weight is 406 g/mol. The van der Waals surface area contributed by atoms with Gasteiger partial charge in [0.05, 0.1) is 0 Å². The predicted molar refractivity (Wildman–Crippen MR) is 117 cm³/mol. The van der Waals surface area contributed by atoms with Gasteiger partial charge in [-0.1, -0.05) is 37.3 Å². The zero-order valence-electron chi connectivity index (χ0n) is 16.5. The van der Waals surface area contributed by atoms with Crippen LogP contribution >= 0.6 is 0 Å². The monoisotopic (exact) mass is 406 g/mol. The first kappa shape index (κ1) is 18.8. The number of nitrogens with two attached hydrogens (primary N) is 2. The van der Waals surface area contributed by atoms with Gasteiger partial charge < -0.3 is 11.5 Å². The first-order valence-corrected chi connectivity index (χ1v) is 9.87. The molecule has 2 aliphatic carbocycles. The molecule has 5 heteroatoms. The Bertz CT molecular complexity index is 1370. The molecule has 0 unspecified atom stereocenters. The Labute approximate surface area is 172 Å². The van der Waals surface area contributed by atoms with E-state index in [1.807, 2.05) is 31.2 Å². The van der Waals surface area contributed by atoms with Gasteiger partial charge in [0.1, 0.15) is 5.82 Å². The van der Waals surface area contributed by atoms with Gasteiger partial charge in [0.25, 0.3) is 5.92 Å². The molecule has 0 spiro atoms. The summed E-state index contributed by atoms with van der Waals surface area (Å²) in [5, 5.41) is 3.34. The third-order valence-corrected chi connectivity index (χ3v) is 6.30. The number of allylic oxidation sites excluding steroid dienone is 1. The highest BCUT2D eigenvalue weighted by molar-refractivity contribution is 5.93. The quantitative estimate of drug-likeness (QED) is 0.593. The molecular weight excluding hydrogens is 385 g/mol. The predicted octanol–water partition coefficient (Wildman–Crippen LogP) is 4.27. The van der Waals surface area contributed by atoms with Gasteiger partial charge in [-0.2, -0.15) is 0 Å². The molecule has 3 aromatic rings. The molecule has 0 radical (unpaired) electrons. The van der Waals surface area contributed by atoms with Gasteiger partial charge in [-0.15, -0.1) is 0 Å². The summed E-state index contributed by atoms with van der Waals surface area (Å²) >= 11 is 0. The smallest absolute Gasteiger partial charge is 0.270 e. The van der Waals surface area contributed by atoms with E-state index in [-0.39, 0.29) is 12.2 Å². The van der Waals surface area contributed by atoms with Gasteiger partial charge in [0.2, 0.25) is 0 Å². The van der Waals surface area contributed by atoms with Crippen LogP contribution in [0.15, 0.2) is 42.5 Å². The molecule has 0 aliphatic heterocycles. The van der Waals surface area contributed by atoms with E-state index < -0.39 is 11.3 Å². The van der Waals surface area contributed by atoms with Crippen molar-refractivity contribution in [2.45, 2.75) is 31.1 Å². The lowest BCUT2D eigenvalue weighted by molar-refractivity contribution is 0.0557.